The largest absolute Gasteiger partial charge is 0.508 e. The fourth-order valence-corrected chi connectivity index (χ4v) is 3.88. The second-order valence-electron chi connectivity index (χ2n) is 7.05. The van der Waals surface area contributed by atoms with Gasteiger partial charge in [0.05, 0.1) is 6.20 Å². The van der Waals surface area contributed by atoms with Gasteiger partial charge in [0.25, 0.3) is 0 Å². The summed E-state index contributed by atoms with van der Waals surface area (Å²) in [6, 6.07) is 7.26. The van der Waals surface area contributed by atoms with Gasteiger partial charge in [0.2, 0.25) is 11.9 Å². The highest BCUT2D eigenvalue weighted by Crippen LogP contribution is 2.36. The van der Waals surface area contributed by atoms with Crippen molar-refractivity contribution in [2.45, 2.75) is 51.1 Å². The number of rotatable bonds is 3. The first-order valence-corrected chi connectivity index (χ1v) is 9.11. The SMILES string of the molecule is CC1CC(=O)Nc2cnc(Nc3ccc(O)cc3)nc2N1C1CCCC1. The molecule has 0 saturated heterocycles. The highest BCUT2D eigenvalue weighted by molar-refractivity contribution is 5.96. The van der Waals surface area contributed by atoms with E-state index in [2.05, 4.69) is 27.4 Å². The van der Waals surface area contributed by atoms with E-state index in [1.54, 1.807) is 30.5 Å². The van der Waals surface area contributed by atoms with Gasteiger partial charge in [0, 0.05) is 24.2 Å². The van der Waals surface area contributed by atoms with Crippen LogP contribution in [0.2, 0.25) is 0 Å². The minimum atomic E-state index is 0.00194. The third-order valence-corrected chi connectivity index (χ3v) is 5.08. The maximum Gasteiger partial charge on any atom is 0.229 e. The number of nitrogens with zero attached hydrogens (tertiary/aromatic N) is 3. The van der Waals surface area contributed by atoms with E-state index in [4.69, 9.17) is 4.98 Å². The van der Waals surface area contributed by atoms with Gasteiger partial charge in [-0.05, 0) is 44.0 Å². The molecular formula is C19H23N5O2. The highest BCUT2D eigenvalue weighted by Gasteiger charge is 2.33. The molecule has 7 heteroatoms. The summed E-state index contributed by atoms with van der Waals surface area (Å²) in [6.07, 6.45) is 6.81. The van der Waals surface area contributed by atoms with Crippen LogP contribution >= 0.6 is 0 Å². The third-order valence-electron chi connectivity index (χ3n) is 5.08. The number of aromatic nitrogens is 2. The zero-order valence-electron chi connectivity index (χ0n) is 14.8. The maximum atomic E-state index is 12.2. The Hall–Kier alpha value is -2.83. The van der Waals surface area contributed by atoms with Gasteiger partial charge in [-0.15, -0.1) is 0 Å². The Morgan fingerprint density at radius 3 is 2.69 bits per heavy atom. The molecule has 4 rings (SSSR count). The quantitative estimate of drug-likeness (QED) is 0.733. The van der Waals surface area contributed by atoms with Crippen molar-refractivity contribution in [1.29, 1.82) is 0 Å². The molecule has 1 saturated carbocycles. The Labute approximate surface area is 152 Å². The summed E-state index contributed by atoms with van der Waals surface area (Å²) in [5.41, 5.74) is 1.46. The zero-order valence-corrected chi connectivity index (χ0v) is 14.8. The normalized spacial score (nSPS) is 20.4. The minimum absolute atomic E-state index is 0.00194. The van der Waals surface area contributed by atoms with Crippen molar-refractivity contribution in [2.24, 2.45) is 0 Å². The van der Waals surface area contributed by atoms with Gasteiger partial charge in [-0.1, -0.05) is 12.8 Å². The Kier molecular flexibility index (Phi) is 4.36. The third kappa shape index (κ3) is 3.29. The van der Waals surface area contributed by atoms with Gasteiger partial charge in [-0.3, -0.25) is 4.79 Å². The summed E-state index contributed by atoms with van der Waals surface area (Å²) in [7, 11) is 0. The van der Waals surface area contributed by atoms with E-state index >= 15 is 0 Å². The lowest BCUT2D eigenvalue weighted by Crippen LogP contribution is -2.41. The number of phenolic OH excluding ortho intramolecular Hbond substituents is 1. The number of amides is 1. The van der Waals surface area contributed by atoms with E-state index in [1.165, 1.54) is 12.8 Å². The lowest BCUT2D eigenvalue weighted by molar-refractivity contribution is -0.116. The zero-order chi connectivity index (χ0) is 18.1. The summed E-state index contributed by atoms with van der Waals surface area (Å²) >= 11 is 0. The number of aromatic hydroxyl groups is 1. The molecule has 2 aromatic rings. The molecule has 1 aromatic carbocycles. The Balaban J connectivity index is 1.69. The molecule has 1 aromatic heterocycles. The molecule has 0 spiro atoms. The van der Waals surface area contributed by atoms with Crippen molar-refractivity contribution in [2.75, 3.05) is 15.5 Å². The Morgan fingerprint density at radius 1 is 1.23 bits per heavy atom. The van der Waals surface area contributed by atoms with E-state index in [0.29, 0.717) is 24.1 Å². The van der Waals surface area contributed by atoms with Gasteiger partial charge in [-0.25, -0.2) is 4.98 Å². The Bertz CT molecular complexity index is 802. The van der Waals surface area contributed by atoms with Gasteiger partial charge >= 0.3 is 0 Å². The number of anilines is 4. The molecule has 2 heterocycles. The average Bonchev–Trinajstić information content (AvgIpc) is 3.09. The molecule has 3 N–H and O–H groups in total. The number of carbonyl (C=O) groups is 1. The molecule has 1 aliphatic carbocycles. The van der Waals surface area contributed by atoms with Crippen LogP contribution in [-0.2, 0) is 4.79 Å². The van der Waals surface area contributed by atoms with E-state index in [9.17, 15) is 9.90 Å². The van der Waals surface area contributed by atoms with Crippen molar-refractivity contribution in [3.8, 4) is 5.75 Å². The van der Waals surface area contributed by atoms with E-state index in [1.807, 2.05) is 0 Å². The maximum absolute atomic E-state index is 12.2. The number of hydrogen-bond donors (Lipinski definition) is 3. The monoisotopic (exact) mass is 353 g/mol. The lowest BCUT2D eigenvalue weighted by atomic mass is 10.1. The smallest absolute Gasteiger partial charge is 0.229 e. The number of benzene rings is 1. The summed E-state index contributed by atoms with van der Waals surface area (Å²) in [4.78, 5) is 23.6. The molecule has 1 aliphatic heterocycles. The highest BCUT2D eigenvalue weighted by atomic mass is 16.3. The number of phenols is 1. The van der Waals surface area contributed by atoms with Crippen LogP contribution in [0.5, 0.6) is 5.75 Å². The van der Waals surface area contributed by atoms with Crippen LogP contribution in [0.1, 0.15) is 39.0 Å². The van der Waals surface area contributed by atoms with E-state index in [-0.39, 0.29) is 17.7 Å². The van der Waals surface area contributed by atoms with Crippen LogP contribution in [0.4, 0.5) is 23.1 Å². The summed E-state index contributed by atoms with van der Waals surface area (Å²) in [5, 5.41) is 15.5. The number of carbonyl (C=O) groups excluding carboxylic acids is 1. The van der Waals surface area contributed by atoms with Crippen LogP contribution in [0.15, 0.2) is 30.5 Å². The summed E-state index contributed by atoms with van der Waals surface area (Å²) < 4.78 is 0. The molecule has 1 fully saturated rings. The van der Waals surface area contributed by atoms with Gasteiger partial charge in [0.1, 0.15) is 11.4 Å². The van der Waals surface area contributed by atoms with Crippen molar-refractivity contribution >= 4 is 29.0 Å². The van der Waals surface area contributed by atoms with Crippen molar-refractivity contribution in [3.63, 3.8) is 0 Å². The second kappa shape index (κ2) is 6.82. The standard InChI is InChI=1S/C19H23N5O2/c1-12-10-17(26)22-16-11-20-19(21-13-6-8-15(25)9-7-13)23-18(16)24(12)14-4-2-3-5-14/h6-9,11-12,14,25H,2-5,10H2,1H3,(H,22,26)(H,20,21,23). The molecule has 1 unspecified atom stereocenters. The predicted molar refractivity (Wildman–Crippen MR) is 101 cm³/mol. The topological polar surface area (TPSA) is 90.4 Å². The van der Waals surface area contributed by atoms with Crippen LogP contribution in [-0.4, -0.2) is 33.1 Å². The van der Waals surface area contributed by atoms with E-state index in [0.717, 1.165) is 24.3 Å². The van der Waals surface area contributed by atoms with Gasteiger partial charge < -0.3 is 20.6 Å². The average molecular weight is 353 g/mol. The Morgan fingerprint density at radius 2 is 1.96 bits per heavy atom. The minimum Gasteiger partial charge on any atom is -0.508 e. The van der Waals surface area contributed by atoms with Crippen molar-refractivity contribution in [1.82, 2.24) is 9.97 Å². The molecule has 136 valence electrons. The second-order valence-corrected chi connectivity index (χ2v) is 7.05. The molecule has 26 heavy (non-hydrogen) atoms. The fraction of sp³-hybridized carbons (Fsp3) is 0.421. The first kappa shape index (κ1) is 16.6. The predicted octanol–water partition coefficient (Wildman–Crippen LogP) is 3.41. The molecule has 0 radical (unpaired) electrons. The molecule has 7 nitrogen and oxygen atoms in total. The van der Waals surface area contributed by atoms with Crippen molar-refractivity contribution < 1.29 is 9.90 Å². The van der Waals surface area contributed by atoms with Crippen molar-refractivity contribution in [3.05, 3.63) is 30.5 Å². The van der Waals surface area contributed by atoms with Crippen LogP contribution in [0, 0.1) is 0 Å². The first-order chi connectivity index (χ1) is 12.6. The lowest BCUT2D eigenvalue weighted by Gasteiger charge is -2.34. The summed E-state index contributed by atoms with van der Waals surface area (Å²) in [6.45, 7) is 2.09. The van der Waals surface area contributed by atoms with Crippen LogP contribution in [0.3, 0.4) is 0 Å². The van der Waals surface area contributed by atoms with Crippen LogP contribution in [0.25, 0.3) is 0 Å². The molecule has 0 bridgehead atoms. The molecule has 1 atom stereocenters. The molecular weight excluding hydrogens is 330 g/mol. The fourth-order valence-electron chi connectivity index (χ4n) is 3.88. The summed E-state index contributed by atoms with van der Waals surface area (Å²) in [5.74, 6) is 1.47. The van der Waals surface area contributed by atoms with Gasteiger partial charge in [0.15, 0.2) is 5.82 Å². The molecule has 1 amide bonds. The number of fused-ring (bicyclic) bond motifs is 1. The first-order valence-electron chi connectivity index (χ1n) is 9.11. The number of hydrogen-bond acceptors (Lipinski definition) is 6. The van der Waals surface area contributed by atoms with Gasteiger partial charge in [-0.2, -0.15) is 4.98 Å². The number of nitrogens with one attached hydrogen (secondary N) is 2. The van der Waals surface area contributed by atoms with Crippen LogP contribution < -0.4 is 15.5 Å². The molecule has 2 aliphatic rings. The van der Waals surface area contributed by atoms with E-state index < -0.39 is 0 Å².